The summed E-state index contributed by atoms with van der Waals surface area (Å²) in [6, 6.07) is 12.7. The van der Waals surface area contributed by atoms with E-state index < -0.39 is 0 Å². The van der Waals surface area contributed by atoms with Crippen LogP contribution in [0.4, 0.5) is 4.39 Å². The van der Waals surface area contributed by atoms with Gasteiger partial charge in [0.1, 0.15) is 18.2 Å². The van der Waals surface area contributed by atoms with E-state index in [1.807, 2.05) is 24.3 Å². The number of hydrogen-bond acceptors (Lipinski definition) is 5. The van der Waals surface area contributed by atoms with Gasteiger partial charge in [-0.15, -0.1) is 0 Å². The van der Waals surface area contributed by atoms with Gasteiger partial charge in [-0.3, -0.25) is 14.5 Å². The number of nitrogens with zero attached hydrogens (tertiary/aromatic N) is 2. The van der Waals surface area contributed by atoms with Crippen LogP contribution in [0, 0.1) is 11.7 Å². The minimum Gasteiger partial charge on any atom is -0.497 e. The molecule has 1 saturated heterocycles. The second kappa shape index (κ2) is 10.3. The molecule has 0 radical (unpaired) electrons. The van der Waals surface area contributed by atoms with Gasteiger partial charge in [0, 0.05) is 72.7 Å². The van der Waals surface area contributed by atoms with Crippen molar-refractivity contribution in [2.24, 2.45) is 5.92 Å². The van der Waals surface area contributed by atoms with Crippen LogP contribution >= 0.6 is 0 Å². The average molecular weight is 534 g/mol. The molecule has 1 saturated carbocycles. The van der Waals surface area contributed by atoms with Gasteiger partial charge in [0.05, 0.1) is 13.2 Å². The van der Waals surface area contributed by atoms with Gasteiger partial charge in [-0.25, -0.2) is 4.39 Å². The Morgan fingerprint density at radius 3 is 2.56 bits per heavy atom. The summed E-state index contributed by atoms with van der Waals surface area (Å²) in [6.07, 6.45) is 4.80. The van der Waals surface area contributed by atoms with E-state index in [1.165, 1.54) is 18.6 Å². The number of carbonyl (C=O) groups is 2. The molecule has 2 aliphatic heterocycles. The van der Waals surface area contributed by atoms with Crippen LogP contribution < -0.4 is 4.74 Å². The van der Waals surface area contributed by atoms with Crippen LogP contribution in [0.3, 0.4) is 0 Å². The third kappa shape index (κ3) is 4.69. The molecule has 1 unspecified atom stereocenters. The van der Waals surface area contributed by atoms with Crippen molar-refractivity contribution in [1.29, 1.82) is 0 Å². The molecular weight excluding hydrogens is 497 g/mol. The van der Waals surface area contributed by atoms with Crippen molar-refractivity contribution in [1.82, 2.24) is 14.8 Å². The lowest BCUT2D eigenvalue weighted by Crippen LogP contribution is -2.55. The number of methoxy groups -OCH3 is 1. The van der Waals surface area contributed by atoms with E-state index in [2.05, 4.69) is 20.9 Å². The van der Waals surface area contributed by atoms with E-state index in [-0.39, 0.29) is 35.8 Å². The number of aromatic nitrogens is 1. The first kappa shape index (κ1) is 25.9. The third-order valence-corrected chi connectivity index (χ3v) is 9.11. The molecule has 1 N–H and O–H groups in total. The van der Waals surface area contributed by atoms with Gasteiger partial charge >= 0.3 is 5.97 Å². The Kier molecular flexibility index (Phi) is 6.83. The maximum Gasteiger partial charge on any atom is 0.302 e. The number of piperidine rings is 1. The number of fused-ring (bicyclic) bond motifs is 4. The Morgan fingerprint density at radius 1 is 1.13 bits per heavy atom. The molecule has 3 heterocycles. The Labute approximate surface area is 228 Å². The van der Waals surface area contributed by atoms with E-state index in [1.54, 1.807) is 13.2 Å². The van der Waals surface area contributed by atoms with Gasteiger partial charge in [0.25, 0.3) is 0 Å². The summed E-state index contributed by atoms with van der Waals surface area (Å²) in [5.41, 5.74) is 3.58. The van der Waals surface area contributed by atoms with Crippen molar-refractivity contribution in [3.05, 3.63) is 65.1 Å². The highest BCUT2D eigenvalue weighted by atomic mass is 19.1. The number of H-pyrrole nitrogens is 1. The number of benzene rings is 2. The Hall–Kier alpha value is -3.39. The predicted octanol–water partition coefficient (Wildman–Crippen LogP) is 5.10. The molecule has 1 aliphatic carbocycles. The van der Waals surface area contributed by atoms with Gasteiger partial charge in [-0.05, 0) is 49.4 Å². The number of hydrogen-bond donors (Lipinski definition) is 1. The van der Waals surface area contributed by atoms with E-state index in [4.69, 9.17) is 9.47 Å². The number of amides is 1. The summed E-state index contributed by atoms with van der Waals surface area (Å²) in [5, 5.41) is 1.13. The van der Waals surface area contributed by atoms with Crippen molar-refractivity contribution in [3.8, 4) is 5.75 Å². The first-order chi connectivity index (χ1) is 18.9. The van der Waals surface area contributed by atoms with Crippen LogP contribution in [-0.4, -0.2) is 60.0 Å². The maximum atomic E-state index is 14.8. The Balaban J connectivity index is 1.42. The molecule has 0 bridgehead atoms. The zero-order valence-electron chi connectivity index (χ0n) is 22.7. The van der Waals surface area contributed by atoms with Crippen molar-refractivity contribution in [2.45, 2.75) is 57.0 Å². The normalized spacial score (nSPS) is 21.0. The topological polar surface area (TPSA) is 74.9 Å². The number of carbonyl (C=O) groups excluding carboxylic acids is 2. The first-order valence-corrected chi connectivity index (χ1v) is 14.0. The molecule has 1 aromatic heterocycles. The highest BCUT2D eigenvalue weighted by Gasteiger charge is 2.48. The summed E-state index contributed by atoms with van der Waals surface area (Å²) < 4.78 is 25.9. The lowest BCUT2D eigenvalue weighted by molar-refractivity contribution is -0.143. The fourth-order valence-corrected chi connectivity index (χ4v) is 6.78. The number of esters is 1. The van der Waals surface area contributed by atoms with Crippen molar-refractivity contribution >= 4 is 22.8 Å². The maximum absolute atomic E-state index is 14.8. The van der Waals surface area contributed by atoms with Crippen LogP contribution in [-0.2, 0) is 26.3 Å². The number of nitrogens with one attached hydrogen (secondary N) is 1. The van der Waals surface area contributed by atoms with E-state index in [0.717, 1.165) is 54.5 Å². The zero-order chi connectivity index (χ0) is 27.1. The smallest absolute Gasteiger partial charge is 0.302 e. The van der Waals surface area contributed by atoms with E-state index in [0.29, 0.717) is 37.6 Å². The van der Waals surface area contributed by atoms with Gasteiger partial charge in [-0.1, -0.05) is 24.6 Å². The number of ether oxygens (including phenoxy) is 2. The molecule has 1 atom stereocenters. The fraction of sp³-hybridized carbons (Fsp3) is 0.484. The van der Waals surface area contributed by atoms with Gasteiger partial charge in [-0.2, -0.15) is 0 Å². The van der Waals surface area contributed by atoms with E-state index in [9.17, 15) is 14.0 Å². The molecule has 1 spiro atoms. The van der Waals surface area contributed by atoms with Gasteiger partial charge in [0.15, 0.2) is 0 Å². The summed E-state index contributed by atoms with van der Waals surface area (Å²) in [7, 11) is 1.65. The molecule has 2 fully saturated rings. The number of aromatic amines is 1. The Morgan fingerprint density at radius 2 is 1.90 bits per heavy atom. The number of likely N-dealkylation sites (tertiary alicyclic amines) is 1. The molecule has 206 valence electrons. The molecular formula is C31H36FN3O4. The molecule has 7 nitrogen and oxygen atoms in total. The average Bonchev–Trinajstić information content (AvgIpc) is 3.28. The summed E-state index contributed by atoms with van der Waals surface area (Å²) in [5.74, 6) is 0.656. The highest BCUT2D eigenvalue weighted by molar-refractivity contribution is 5.88. The van der Waals surface area contributed by atoms with Crippen LogP contribution in [0.25, 0.3) is 10.9 Å². The van der Waals surface area contributed by atoms with Crippen LogP contribution in [0.5, 0.6) is 5.75 Å². The number of halogens is 1. The molecule has 6 rings (SSSR count). The Bertz CT molecular complexity index is 1390. The molecule has 1 amide bonds. The minimum absolute atomic E-state index is 0.170. The minimum atomic E-state index is -0.344. The summed E-state index contributed by atoms with van der Waals surface area (Å²) in [6.45, 7) is 4.08. The van der Waals surface area contributed by atoms with Gasteiger partial charge in [0.2, 0.25) is 5.91 Å². The largest absolute Gasteiger partial charge is 0.497 e. The summed E-state index contributed by atoms with van der Waals surface area (Å²) >= 11 is 0. The quantitative estimate of drug-likeness (QED) is 0.447. The van der Waals surface area contributed by atoms with Crippen molar-refractivity contribution < 1.29 is 23.5 Å². The first-order valence-electron chi connectivity index (χ1n) is 14.0. The van der Waals surface area contributed by atoms with E-state index >= 15 is 0 Å². The predicted molar refractivity (Wildman–Crippen MR) is 146 cm³/mol. The van der Waals surface area contributed by atoms with Crippen molar-refractivity contribution in [2.75, 3.05) is 33.4 Å². The van der Waals surface area contributed by atoms with Gasteiger partial charge < -0.3 is 19.4 Å². The standard InChI is InChI=1S/C31H36FN3O4/c1-20(36)39-18-27-29-28(24-11-10-23(38-2)16-26(24)33-29)31(19-35(27)17-22-6-3-4-9-25(22)32)12-14-34(15-13-31)30(37)21-7-5-8-21/h3-4,6,9-11,16,21,27,33H,5,7-8,12-15,17-19H2,1-2H3. The van der Waals surface area contributed by atoms with Crippen LogP contribution in [0.2, 0.25) is 0 Å². The zero-order valence-corrected chi connectivity index (χ0v) is 22.7. The van der Waals surface area contributed by atoms with Crippen LogP contribution in [0.15, 0.2) is 42.5 Å². The second-order valence-corrected chi connectivity index (χ2v) is 11.4. The second-order valence-electron chi connectivity index (χ2n) is 11.4. The molecule has 3 aromatic rings. The lowest BCUT2D eigenvalue weighted by atomic mass is 9.68. The third-order valence-electron chi connectivity index (χ3n) is 9.11. The monoisotopic (exact) mass is 533 g/mol. The SMILES string of the molecule is COc1ccc2c3c([nH]c2c1)C(COC(C)=O)N(Cc1ccccc1F)CC31CCN(C(=O)C2CCC2)CC1. The van der Waals surface area contributed by atoms with Crippen molar-refractivity contribution in [3.63, 3.8) is 0 Å². The molecule has 39 heavy (non-hydrogen) atoms. The fourth-order valence-electron chi connectivity index (χ4n) is 6.78. The molecule has 3 aliphatic rings. The molecule has 8 heteroatoms. The highest BCUT2D eigenvalue weighted by Crippen LogP contribution is 2.50. The van der Waals surface area contributed by atoms with Crippen LogP contribution in [0.1, 0.15) is 61.9 Å². The lowest BCUT2D eigenvalue weighted by Gasteiger charge is -2.51. The molecule has 2 aromatic carbocycles. The summed E-state index contributed by atoms with van der Waals surface area (Å²) in [4.78, 5) is 32.9. The number of rotatable bonds is 6.